The van der Waals surface area contributed by atoms with Gasteiger partial charge >= 0.3 is 10.2 Å². The van der Waals surface area contributed by atoms with E-state index < -0.39 is 10.2 Å². The highest BCUT2D eigenvalue weighted by Crippen LogP contribution is 2.14. The average molecular weight is 286 g/mol. The fourth-order valence-electron chi connectivity index (χ4n) is 1.62. The van der Waals surface area contributed by atoms with Crippen LogP contribution in [0.2, 0.25) is 0 Å². The molecule has 0 saturated carbocycles. The minimum Gasteiger partial charge on any atom is -0.380 e. The van der Waals surface area contributed by atoms with Gasteiger partial charge in [-0.05, 0) is 24.1 Å². The summed E-state index contributed by atoms with van der Waals surface area (Å²) in [5.41, 5.74) is 1.48. The summed E-state index contributed by atoms with van der Waals surface area (Å²) in [6, 6.07) is 7.19. The number of benzene rings is 1. The molecule has 6 heteroatoms. The van der Waals surface area contributed by atoms with Crippen LogP contribution >= 0.6 is 0 Å². The number of anilines is 1. The Kier molecular flexibility index (Phi) is 6.27. The lowest BCUT2D eigenvalue weighted by atomic mass is 10.2. The number of rotatable bonds is 8. The van der Waals surface area contributed by atoms with E-state index in [1.807, 2.05) is 13.0 Å². The van der Waals surface area contributed by atoms with E-state index in [-0.39, 0.29) is 0 Å². The minimum absolute atomic E-state index is 0.460. The molecule has 1 aromatic carbocycles. The van der Waals surface area contributed by atoms with Crippen molar-refractivity contribution in [1.29, 1.82) is 0 Å². The molecule has 0 aromatic heterocycles. The Morgan fingerprint density at radius 1 is 1.37 bits per heavy atom. The van der Waals surface area contributed by atoms with Crippen molar-refractivity contribution in [3.8, 4) is 0 Å². The third-order valence-corrected chi connectivity index (χ3v) is 4.22. The van der Waals surface area contributed by atoms with Gasteiger partial charge in [0.25, 0.3) is 0 Å². The summed E-state index contributed by atoms with van der Waals surface area (Å²) in [6.45, 7) is 3.01. The number of ether oxygens (including phenoxy) is 1. The number of unbranched alkanes of at least 4 members (excludes halogenated alkanes) is 1. The van der Waals surface area contributed by atoms with Gasteiger partial charge in [-0.3, -0.25) is 4.72 Å². The first-order chi connectivity index (χ1) is 8.99. The van der Waals surface area contributed by atoms with E-state index in [1.54, 1.807) is 32.4 Å². The molecule has 0 fully saturated rings. The van der Waals surface area contributed by atoms with E-state index in [0.717, 1.165) is 18.4 Å². The number of nitrogens with one attached hydrogen (secondary N) is 1. The highest BCUT2D eigenvalue weighted by molar-refractivity contribution is 7.90. The Labute approximate surface area is 115 Å². The molecule has 1 rings (SSSR count). The highest BCUT2D eigenvalue weighted by atomic mass is 32.2. The smallest absolute Gasteiger partial charge is 0.301 e. The van der Waals surface area contributed by atoms with Gasteiger partial charge in [0, 0.05) is 20.7 Å². The summed E-state index contributed by atoms with van der Waals surface area (Å²) in [5, 5.41) is 0. The van der Waals surface area contributed by atoms with Crippen LogP contribution in [0, 0.1) is 0 Å². The van der Waals surface area contributed by atoms with Crippen molar-refractivity contribution in [2.24, 2.45) is 0 Å². The first kappa shape index (κ1) is 15.9. The molecule has 0 aliphatic rings. The fourth-order valence-corrected chi connectivity index (χ4v) is 2.57. The minimum atomic E-state index is -3.47. The van der Waals surface area contributed by atoms with Crippen molar-refractivity contribution in [3.63, 3.8) is 0 Å². The number of hydrogen-bond donors (Lipinski definition) is 1. The highest BCUT2D eigenvalue weighted by Gasteiger charge is 2.16. The summed E-state index contributed by atoms with van der Waals surface area (Å²) in [4.78, 5) is 0. The molecule has 1 N–H and O–H groups in total. The van der Waals surface area contributed by atoms with Crippen molar-refractivity contribution in [2.45, 2.75) is 26.4 Å². The van der Waals surface area contributed by atoms with E-state index in [4.69, 9.17) is 4.74 Å². The largest absolute Gasteiger partial charge is 0.380 e. The second kappa shape index (κ2) is 7.47. The lowest BCUT2D eigenvalue weighted by Gasteiger charge is -2.18. The second-order valence-corrected chi connectivity index (χ2v) is 6.19. The predicted molar refractivity (Wildman–Crippen MR) is 77.2 cm³/mol. The second-order valence-electron chi connectivity index (χ2n) is 4.42. The molecule has 0 spiro atoms. The maximum atomic E-state index is 12.1. The van der Waals surface area contributed by atoms with Gasteiger partial charge in [0.2, 0.25) is 0 Å². The maximum absolute atomic E-state index is 12.1. The molecular weight excluding hydrogens is 264 g/mol. The normalized spacial score (nSPS) is 11.8. The van der Waals surface area contributed by atoms with Crippen LogP contribution in [0.25, 0.3) is 0 Å². The van der Waals surface area contributed by atoms with Crippen LogP contribution in [-0.2, 0) is 21.6 Å². The first-order valence-corrected chi connectivity index (χ1v) is 7.75. The van der Waals surface area contributed by atoms with Crippen LogP contribution in [0.3, 0.4) is 0 Å². The molecular formula is C13H22N2O3S. The van der Waals surface area contributed by atoms with E-state index in [0.29, 0.717) is 18.8 Å². The molecule has 0 amide bonds. The first-order valence-electron chi connectivity index (χ1n) is 6.31. The van der Waals surface area contributed by atoms with E-state index >= 15 is 0 Å². The predicted octanol–water partition coefficient (Wildman–Crippen LogP) is 2.22. The molecule has 0 atom stereocenters. The van der Waals surface area contributed by atoms with Gasteiger partial charge in [-0.2, -0.15) is 12.7 Å². The third kappa shape index (κ3) is 5.18. The molecule has 108 valence electrons. The van der Waals surface area contributed by atoms with E-state index in [2.05, 4.69) is 4.72 Å². The van der Waals surface area contributed by atoms with Gasteiger partial charge in [0.15, 0.2) is 0 Å². The van der Waals surface area contributed by atoms with Crippen LogP contribution in [0.1, 0.15) is 25.3 Å². The third-order valence-electron chi connectivity index (χ3n) is 2.72. The molecule has 5 nitrogen and oxygen atoms in total. The van der Waals surface area contributed by atoms with Gasteiger partial charge in [-0.1, -0.05) is 25.5 Å². The number of hydrogen-bond acceptors (Lipinski definition) is 3. The molecule has 1 aromatic rings. The molecule has 0 aliphatic carbocycles. The van der Waals surface area contributed by atoms with Gasteiger partial charge in [-0.25, -0.2) is 0 Å². The van der Waals surface area contributed by atoms with Crippen LogP contribution < -0.4 is 4.72 Å². The topological polar surface area (TPSA) is 58.6 Å². The Balaban J connectivity index is 2.74. The van der Waals surface area contributed by atoms with Crippen molar-refractivity contribution in [2.75, 3.05) is 25.4 Å². The van der Waals surface area contributed by atoms with Crippen molar-refractivity contribution < 1.29 is 13.2 Å². The number of nitrogens with zero attached hydrogens (tertiary/aromatic N) is 1. The summed E-state index contributed by atoms with van der Waals surface area (Å²) < 4.78 is 33.0. The molecule has 0 heterocycles. The molecule has 0 radical (unpaired) electrons. The van der Waals surface area contributed by atoms with E-state index in [1.165, 1.54) is 4.31 Å². The molecule has 0 unspecified atom stereocenters. The SMILES string of the molecule is CCCCN(C)S(=O)(=O)Nc1cccc(COC)c1. The van der Waals surface area contributed by atoms with Crippen LogP contribution in [-0.4, -0.2) is 33.4 Å². The molecule has 0 aliphatic heterocycles. The molecule has 0 saturated heterocycles. The summed E-state index contributed by atoms with van der Waals surface area (Å²) in [6.07, 6.45) is 1.81. The summed E-state index contributed by atoms with van der Waals surface area (Å²) >= 11 is 0. The van der Waals surface area contributed by atoms with Crippen molar-refractivity contribution >= 4 is 15.9 Å². The zero-order valence-electron chi connectivity index (χ0n) is 11.7. The van der Waals surface area contributed by atoms with Crippen molar-refractivity contribution in [3.05, 3.63) is 29.8 Å². The van der Waals surface area contributed by atoms with Crippen LogP contribution in [0.4, 0.5) is 5.69 Å². The Morgan fingerprint density at radius 2 is 2.11 bits per heavy atom. The number of methoxy groups -OCH3 is 1. The lowest BCUT2D eigenvalue weighted by Crippen LogP contribution is -2.33. The van der Waals surface area contributed by atoms with Crippen LogP contribution in [0.15, 0.2) is 24.3 Å². The van der Waals surface area contributed by atoms with Gasteiger partial charge in [0.05, 0.1) is 12.3 Å². The lowest BCUT2D eigenvalue weighted by molar-refractivity contribution is 0.185. The quantitative estimate of drug-likeness (QED) is 0.797. The van der Waals surface area contributed by atoms with Gasteiger partial charge < -0.3 is 4.74 Å². The summed E-state index contributed by atoms with van der Waals surface area (Å²) in [5.74, 6) is 0. The van der Waals surface area contributed by atoms with Crippen LogP contribution in [0.5, 0.6) is 0 Å². The molecule has 0 bridgehead atoms. The fraction of sp³-hybridized carbons (Fsp3) is 0.538. The van der Waals surface area contributed by atoms with Gasteiger partial charge in [0.1, 0.15) is 0 Å². The van der Waals surface area contributed by atoms with Crippen molar-refractivity contribution in [1.82, 2.24) is 4.31 Å². The average Bonchev–Trinajstić information content (AvgIpc) is 2.36. The van der Waals surface area contributed by atoms with E-state index in [9.17, 15) is 8.42 Å². The standard InChI is InChI=1S/C13H22N2O3S/c1-4-5-9-15(2)19(16,17)14-13-8-6-7-12(10-13)11-18-3/h6-8,10,14H,4-5,9,11H2,1-3H3. The van der Waals surface area contributed by atoms with Gasteiger partial charge in [-0.15, -0.1) is 0 Å². The Morgan fingerprint density at radius 3 is 2.74 bits per heavy atom. The summed E-state index contributed by atoms with van der Waals surface area (Å²) in [7, 11) is -0.288. The molecule has 19 heavy (non-hydrogen) atoms. The monoisotopic (exact) mass is 286 g/mol. The maximum Gasteiger partial charge on any atom is 0.301 e. The zero-order valence-corrected chi connectivity index (χ0v) is 12.5. The Bertz CT molecular complexity index is 488. The Hall–Kier alpha value is -1.11. The zero-order chi connectivity index (χ0) is 14.3.